The molecule has 134 valence electrons. The number of quaternary nitrogens is 1. The van der Waals surface area contributed by atoms with Crippen LogP contribution in [-0.4, -0.2) is 36.6 Å². The second-order valence-electron chi connectivity index (χ2n) is 5.53. The van der Waals surface area contributed by atoms with E-state index in [1.165, 1.54) is 20.3 Å². The first kappa shape index (κ1) is 18.7. The van der Waals surface area contributed by atoms with Crippen molar-refractivity contribution in [3.8, 4) is 0 Å². The van der Waals surface area contributed by atoms with E-state index in [-0.39, 0.29) is 16.8 Å². The third-order valence-corrected chi connectivity index (χ3v) is 4.08. The van der Waals surface area contributed by atoms with Gasteiger partial charge in [-0.05, 0) is 19.1 Å². The van der Waals surface area contributed by atoms with Crippen LogP contribution in [0.2, 0.25) is 0 Å². The molecule has 8 heteroatoms. The van der Waals surface area contributed by atoms with Crippen LogP contribution in [0.3, 0.4) is 0 Å². The van der Waals surface area contributed by atoms with Gasteiger partial charge in [0, 0.05) is 23.0 Å². The van der Waals surface area contributed by atoms with Gasteiger partial charge in [0.2, 0.25) is 5.69 Å². The lowest BCUT2D eigenvalue weighted by atomic mass is 9.79. The molecule has 0 saturated carbocycles. The average Bonchev–Trinajstić information content (AvgIpc) is 2.59. The maximum Gasteiger partial charge on any atom is 0.336 e. The summed E-state index contributed by atoms with van der Waals surface area (Å²) in [6.07, 6.45) is 0. The van der Waals surface area contributed by atoms with Gasteiger partial charge in [0.1, 0.15) is 0 Å². The van der Waals surface area contributed by atoms with Gasteiger partial charge in [-0.15, -0.1) is 0 Å². The van der Waals surface area contributed by atoms with Gasteiger partial charge in [-0.1, -0.05) is 18.2 Å². The van der Waals surface area contributed by atoms with E-state index in [0.29, 0.717) is 17.0 Å². The third kappa shape index (κ3) is 3.41. The molecular weight excluding hydrogens is 328 g/mol. The van der Waals surface area contributed by atoms with Gasteiger partial charge in [0.05, 0.1) is 31.3 Å². The monoisotopic (exact) mass is 349 g/mol. The largest absolute Gasteiger partial charge is 0.466 e. The van der Waals surface area contributed by atoms with Gasteiger partial charge < -0.3 is 14.8 Å². The number of ether oxygens (including phenoxy) is 2. The summed E-state index contributed by atoms with van der Waals surface area (Å²) in [5, 5.41) is 21.3. The first-order valence-corrected chi connectivity index (χ1v) is 7.52. The summed E-state index contributed by atoms with van der Waals surface area (Å²) in [6.45, 7) is 3.36. The number of para-hydroxylation sites is 1. The zero-order valence-electron chi connectivity index (χ0n) is 14.4. The van der Waals surface area contributed by atoms with E-state index < -0.39 is 23.1 Å². The van der Waals surface area contributed by atoms with Crippen molar-refractivity contribution in [3.05, 3.63) is 52.4 Å². The number of nitrogens with one attached hydrogen (secondary N) is 2. The molecule has 0 atom stereocenters. The van der Waals surface area contributed by atoms with E-state index >= 15 is 0 Å². The molecule has 0 unspecified atom stereocenters. The number of rotatable bonds is 4. The Morgan fingerprint density at radius 1 is 1.00 bits per heavy atom. The van der Waals surface area contributed by atoms with E-state index in [1.807, 2.05) is 0 Å². The van der Waals surface area contributed by atoms with E-state index in [0.717, 1.165) is 0 Å². The van der Waals surface area contributed by atoms with Crippen LogP contribution in [0.5, 0.6) is 0 Å². The number of hydrogen-bond donors (Lipinski definition) is 4. The van der Waals surface area contributed by atoms with Crippen LogP contribution in [0.25, 0.3) is 0 Å². The van der Waals surface area contributed by atoms with E-state index in [2.05, 4.69) is 5.32 Å². The topological polar surface area (TPSA) is 110 Å². The second kappa shape index (κ2) is 7.47. The van der Waals surface area contributed by atoms with Crippen molar-refractivity contribution in [2.45, 2.75) is 19.8 Å². The highest BCUT2D eigenvalue weighted by molar-refractivity contribution is 6.00. The molecule has 0 fully saturated rings. The van der Waals surface area contributed by atoms with Crippen molar-refractivity contribution in [3.63, 3.8) is 0 Å². The van der Waals surface area contributed by atoms with Gasteiger partial charge in [-0.3, -0.25) is 0 Å². The van der Waals surface area contributed by atoms with Crippen molar-refractivity contribution in [1.82, 2.24) is 5.32 Å². The molecule has 1 aliphatic rings. The highest BCUT2D eigenvalue weighted by Gasteiger charge is 2.40. The predicted molar refractivity (Wildman–Crippen MR) is 85.9 cm³/mol. The summed E-state index contributed by atoms with van der Waals surface area (Å²) in [5.41, 5.74) is 1.90. The minimum Gasteiger partial charge on any atom is -0.466 e. The molecule has 0 aromatic heterocycles. The Labute approximate surface area is 144 Å². The number of esters is 2. The predicted octanol–water partition coefficient (Wildman–Crippen LogP) is 0.562. The molecule has 0 amide bonds. The Balaban J connectivity index is 2.78. The number of methoxy groups -OCH3 is 2. The van der Waals surface area contributed by atoms with Gasteiger partial charge in [0.25, 0.3) is 0 Å². The molecular formula is C17H21N2O6+. The van der Waals surface area contributed by atoms with Crippen molar-refractivity contribution in [2.24, 2.45) is 0 Å². The minimum atomic E-state index is -0.905. The molecule has 8 nitrogen and oxygen atoms in total. The molecule has 0 aliphatic carbocycles. The maximum absolute atomic E-state index is 12.4. The van der Waals surface area contributed by atoms with E-state index in [4.69, 9.17) is 9.47 Å². The van der Waals surface area contributed by atoms with Crippen LogP contribution in [0.1, 0.15) is 25.3 Å². The number of dihydropyridines is 1. The van der Waals surface area contributed by atoms with Crippen molar-refractivity contribution < 1.29 is 34.7 Å². The standard InChI is InChI=1S/C17H20N2O6/c1-9-13(16(20)24-3)15(14(10(2)18-9)17(21)25-4)11-7-5-6-8-12(11)19(22)23/h5-8,15,18,22-23H,1-4H3/p+1. The fraction of sp³-hybridized carbons (Fsp3) is 0.294. The molecule has 4 N–H and O–H groups in total. The first-order chi connectivity index (χ1) is 11.8. The second-order valence-corrected chi connectivity index (χ2v) is 5.53. The lowest BCUT2D eigenvalue weighted by Gasteiger charge is -2.30. The molecule has 2 rings (SSSR count). The third-order valence-electron chi connectivity index (χ3n) is 4.08. The molecule has 1 heterocycles. The molecule has 0 saturated heterocycles. The number of carbonyl (C=O) groups is 2. The Morgan fingerprint density at radius 3 is 1.92 bits per heavy atom. The van der Waals surface area contributed by atoms with Crippen molar-refractivity contribution >= 4 is 17.6 Å². The summed E-state index contributed by atoms with van der Waals surface area (Å²) in [7, 11) is 2.48. The molecule has 0 spiro atoms. The zero-order valence-corrected chi connectivity index (χ0v) is 14.4. The highest BCUT2D eigenvalue weighted by Crippen LogP contribution is 2.40. The van der Waals surface area contributed by atoms with Gasteiger partial charge in [-0.2, -0.15) is 10.4 Å². The molecule has 0 radical (unpaired) electrons. The Bertz CT molecular complexity index is 728. The summed E-state index contributed by atoms with van der Waals surface area (Å²) < 4.78 is 9.73. The number of benzene rings is 1. The zero-order chi connectivity index (χ0) is 18.7. The van der Waals surface area contributed by atoms with Crippen LogP contribution in [-0.2, 0) is 19.1 Å². The van der Waals surface area contributed by atoms with Crippen LogP contribution in [0.15, 0.2) is 46.8 Å². The Kier molecular flexibility index (Phi) is 5.58. The summed E-state index contributed by atoms with van der Waals surface area (Å²) in [4.78, 5) is 24.8. The normalized spacial score (nSPS) is 15.3. The van der Waals surface area contributed by atoms with Gasteiger partial charge >= 0.3 is 11.9 Å². The molecule has 25 heavy (non-hydrogen) atoms. The average molecular weight is 349 g/mol. The molecule has 1 aliphatic heterocycles. The maximum atomic E-state index is 12.4. The van der Waals surface area contributed by atoms with Gasteiger partial charge in [0.15, 0.2) is 0 Å². The lowest BCUT2D eigenvalue weighted by molar-refractivity contribution is -1.19. The number of carbonyl (C=O) groups excluding carboxylic acids is 2. The highest BCUT2D eigenvalue weighted by atomic mass is 16.8. The van der Waals surface area contributed by atoms with Gasteiger partial charge in [-0.25, -0.2) is 9.59 Å². The van der Waals surface area contributed by atoms with Crippen molar-refractivity contribution in [2.75, 3.05) is 14.2 Å². The quantitative estimate of drug-likeness (QED) is 0.464. The fourth-order valence-electron chi connectivity index (χ4n) is 3.02. The smallest absolute Gasteiger partial charge is 0.336 e. The number of allylic oxidation sites excluding steroid dienone is 2. The molecule has 1 aromatic carbocycles. The van der Waals surface area contributed by atoms with E-state index in [1.54, 1.807) is 32.0 Å². The van der Waals surface area contributed by atoms with Crippen molar-refractivity contribution in [1.29, 1.82) is 0 Å². The van der Waals surface area contributed by atoms with Crippen LogP contribution in [0, 0.1) is 0 Å². The summed E-state index contributed by atoms with van der Waals surface area (Å²) in [6, 6.07) is 6.40. The lowest BCUT2D eigenvalue weighted by Crippen LogP contribution is -3.02. The molecule has 1 aromatic rings. The summed E-state index contributed by atoms with van der Waals surface area (Å²) >= 11 is 0. The first-order valence-electron chi connectivity index (χ1n) is 7.52. The molecule has 0 bridgehead atoms. The Morgan fingerprint density at radius 2 is 1.48 bits per heavy atom. The Hall–Kier alpha value is -2.68. The van der Waals surface area contributed by atoms with Crippen LogP contribution < -0.4 is 10.5 Å². The van der Waals surface area contributed by atoms with E-state index in [9.17, 15) is 20.0 Å². The minimum absolute atomic E-state index is 0.109. The fourth-order valence-corrected chi connectivity index (χ4v) is 3.02. The SMILES string of the molecule is COC(=O)C1=C(C)NC(C)=C(C(=O)OC)C1c1ccccc1[NH+](O)O. The summed E-state index contributed by atoms with van der Waals surface area (Å²) in [5.74, 6) is -2.13. The number of hydrogen-bond acceptors (Lipinski definition) is 7. The van der Waals surface area contributed by atoms with Crippen LogP contribution in [0.4, 0.5) is 5.69 Å². The van der Waals surface area contributed by atoms with Crippen LogP contribution >= 0.6 is 0 Å².